The van der Waals surface area contributed by atoms with Crippen LogP contribution < -0.4 is 10.6 Å². The minimum atomic E-state index is -0.331. The zero-order chi connectivity index (χ0) is 22.7. The van der Waals surface area contributed by atoms with Gasteiger partial charge in [-0.15, -0.1) is 0 Å². The van der Waals surface area contributed by atoms with Crippen molar-refractivity contribution in [3.63, 3.8) is 0 Å². The van der Waals surface area contributed by atoms with Crippen LogP contribution in [0.15, 0.2) is 54.6 Å². The normalized spacial score (nSPS) is 12.2. The molecule has 10 heteroatoms. The Hall–Kier alpha value is -3.74. The quantitative estimate of drug-likeness (QED) is 0.458. The summed E-state index contributed by atoms with van der Waals surface area (Å²) in [6.45, 7) is 0.349. The summed E-state index contributed by atoms with van der Waals surface area (Å²) in [5.74, 6) is -0.741. The van der Waals surface area contributed by atoms with Gasteiger partial charge in [-0.2, -0.15) is 9.64 Å². The molecule has 4 aromatic rings. The molecule has 0 saturated carbocycles. The molecule has 0 aliphatic carbocycles. The lowest BCUT2D eigenvalue weighted by molar-refractivity contribution is -0.122. The summed E-state index contributed by atoms with van der Waals surface area (Å²) in [7, 11) is 0. The Bertz CT molecular complexity index is 1340. The van der Waals surface area contributed by atoms with Gasteiger partial charge in [0.25, 0.3) is 5.91 Å². The van der Waals surface area contributed by atoms with Crippen LogP contribution in [0.1, 0.15) is 21.9 Å². The third-order valence-electron chi connectivity index (χ3n) is 4.72. The Kier molecular flexibility index (Phi) is 6.16. The Morgan fingerprint density at radius 3 is 2.72 bits per heavy atom. The van der Waals surface area contributed by atoms with Gasteiger partial charge < -0.3 is 15.2 Å². The second kappa shape index (κ2) is 9.18. The number of nitrogens with zero attached hydrogens (tertiary/aromatic N) is 3. The maximum Gasteiger partial charge on any atom is 0.276 e. The first kappa shape index (κ1) is 21.5. The molecule has 0 spiro atoms. The van der Waals surface area contributed by atoms with E-state index in [4.69, 9.17) is 11.6 Å². The second-order valence-corrected chi connectivity index (χ2v) is 8.02. The molecular formula is C22H15ClFN5O2S. The van der Waals surface area contributed by atoms with Crippen molar-refractivity contribution in [1.82, 2.24) is 14.3 Å². The summed E-state index contributed by atoms with van der Waals surface area (Å²) < 4.78 is 18.8. The average molecular weight is 468 g/mol. The number of rotatable bonds is 2. The lowest BCUT2D eigenvalue weighted by Gasteiger charge is -2.18. The summed E-state index contributed by atoms with van der Waals surface area (Å²) in [5, 5.41) is 16.1. The molecular weight excluding hydrogens is 453 g/mol. The molecule has 1 aliphatic heterocycles. The number of nitriles is 1. The van der Waals surface area contributed by atoms with Crippen molar-refractivity contribution < 1.29 is 14.0 Å². The van der Waals surface area contributed by atoms with Crippen molar-refractivity contribution in [3.8, 4) is 6.07 Å². The maximum absolute atomic E-state index is 12.6. The molecule has 1 aliphatic rings. The Labute approximate surface area is 191 Å². The highest BCUT2D eigenvalue weighted by Crippen LogP contribution is 2.26. The molecule has 0 bridgehead atoms. The fourth-order valence-corrected chi connectivity index (χ4v) is 4.10. The zero-order valence-electron chi connectivity index (χ0n) is 16.4. The molecule has 0 fully saturated rings. The third kappa shape index (κ3) is 4.46. The van der Waals surface area contributed by atoms with E-state index in [1.165, 1.54) is 35.8 Å². The van der Waals surface area contributed by atoms with Gasteiger partial charge in [0.1, 0.15) is 29.8 Å². The molecule has 2 aromatic heterocycles. The van der Waals surface area contributed by atoms with E-state index < -0.39 is 0 Å². The second-order valence-electron chi connectivity index (χ2n) is 6.78. The molecule has 0 saturated heterocycles. The fourth-order valence-electron chi connectivity index (χ4n) is 3.20. The summed E-state index contributed by atoms with van der Waals surface area (Å²) >= 11 is 6.71. The van der Waals surface area contributed by atoms with Gasteiger partial charge in [0, 0.05) is 10.4 Å². The Morgan fingerprint density at radius 2 is 2.00 bits per heavy atom. The smallest absolute Gasteiger partial charge is 0.276 e. The van der Waals surface area contributed by atoms with E-state index >= 15 is 0 Å². The number of hydrogen-bond donors (Lipinski definition) is 2. The van der Waals surface area contributed by atoms with Gasteiger partial charge in [-0.25, -0.2) is 4.39 Å². The van der Waals surface area contributed by atoms with E-state index in [-0.39, 0.29) is 30.7 Å². The lowest BCUT2D eigenvalue weighted by Crippen LogP contribution is -2.34. The molecule has 7 nitrogen and oxygen atoms in total. The summed E-state index contributed by atoms with van der Waals surface area (Å²) in [6, 6.07) is 16.8. The minimum absolute atomic E-state index is 0.0771. The predicted molar refractivity (Wildman–Crippen MR) is 120 cm³/mol. The first-order valence-corrected chi connectivity index (χ1v) is 10.6. The number of halogens is 2. The van der Waals surface area contributed by atoms with Crippen molar-refractivity contribution in [2.75, 3.05) is 5.32 Å². The van der Waals surface area contributed by atoms with E-state index in [2.05, 4.69) is 21.1 Å². The fraction of sp³-hybridized carbons (Fsp3) is 0.0909. The van der Waals surface area contributed by atoms with Gasteiger partial charge in [-0.3, -0.25) is 9.59 Å². The number of benzene rings is 2. The Morgan fingerprint density at radius 1 is 1.25 bits per heavy atom. The molecule has 3 heterocycles. The number of carbonyl (C=O) groups excluding carboxylic acids is 2. The highest BCUT2D eigenvalue weighted by atomic mass is 35.5. The van der Waals surface area contributed by atoms with Gasteiger partial charge in [-0.1, -0.05) is 29.8 Å². The molecule has 5 rings (SSSR count). The van der Waals surface area contributed by atoms with E-state index in [9.17, 15) is 19.2 Å². The molecule has 2 aromatic carbocycles. The third-order valence-corrected chi connectivity index (χ3v) is 5.80. The average Bonchev–Trinajstić information content (AvgIpc) is 3.37. The predicted octanol–water partition coefficient (Wildman–Crippen LogP) is 4.33. The number of carbonyl (C=O) groups is 2. The molecule has 2 N–H and O–H groups in total. The van der Waals surface area contributed by atoms with Crippen LogP contribution in [0.2, 0.25) is 5.02 Å². The number of amides is 2. The molecule has 2 amide bonds. The summed E-state index contributed by atoms with van der Waals surface area (Å²) in [4.78, 5) is 24.1. The molecule has 32 heavy (non-hydrogen) atoms. The number of hydrogen-bond acceptors (Lipinski definition) is 5. The van der Waals surface area contributed by atoms with Crippen molar-refractivity contribution >= 4 is 50.7 Å². The van der Waals surface area contributed by atoms with Crippen LogP contribution in [-0.2, 0) is 17.9 Å². The van der Waals surface area contributed by atoms with Crippen molar-refractivity contribution in [1.29, 1.82) is 5.26 Å². The van der Waals surface area contributed by atoms with Crippen LogP contribution in [-0.4, -0.2) is 20.8 Å². The summed E-state index contributed by atoms with van der Waals surface area (Å²) in [5.41, 5.74) is 1.93. The van der Waals surface area contributed by atoms with Gasteiger partial charge in [0.2, 0.25) is 5.91 Å². The van der Waals surface area contributed by atoms with E-state index in [0.717, 1.165) is 10.1 Å². The number of anilines is 1. The van der Waals surface area contributed by atoms with Crippen molar-refractivity contribution in [2.45, 2.75) is 13.1 Å². The molecule has 0 radical (unpaired) electrons. The standard InChI is InChI=1S/C16H11N5O2S.C6H4ClF/c17-6-9-5-11(12-7-18-14(22)8-21(9)12)19-16(23)15-10-3-1-2-4-13(10)24-20-15;7-5-1-3-6(8)4-2-5/h1-5H,7-8H2,(H,18,22)(H,19,23);1-4H. The first-order valence-electron chi connectivity index (χ1n) is 9.42. The first-order chi connectivity index (χ1) is 15.5. The topological polar surface area (TPSA) is 99.8 Å². The van der Waals surface area contributed by atoms with Crippen LogP contribution in [0, 0.1) is 17.1 Å². The number of fused-ring (bicyclic) bond motifs is 2. The highest BCUT2D eigenvalue weighted by molar-refractivity contribution is 7.13. The van der Waals surface area contributed by atoms with E-state index in [1.54, 1.807) is 10.6 Å². The number of nitrogens with one attached hydrogen (secondary N) is 2. The van der Waals surface area contributed by atoms with Gasteiger partial charge >= 0.3 is 0 Å². The number of aromatic nitrogens is 2. The van der Waals surface area contributed by atoms with Crippen LogP contribution in [0.4, 0.5) is 10.1 Å². The van der Waals surface area contributed by atoms with Gasteiger partial charge in [0.05, 0.1) is 22.6 Å². The Balaban J connectivity index is 0.000000260. The largest absolute Gasteiger partial charge is 0.349 e. The van der Waals surface area contributed by atoms with E-state index in [0.29, 0.717) is 27.8 Å². The van der Waals surface area contributed by atoms with Crippen LogP contribution in [0.25, 0.3) is 10.1 Å². The lowest BCUT2D eigenvalue weighted by atomic mass is 10.2. The van der Waals surface area contributed by atoms with E-state index in [1.807, 2.05) is 24.3 Å². The minimum Gasteiger partial charge on any atom is -0.349 e. The zero-order valence-corrected chi connectivity index (χ0v) is 18.0. The van der Waals surface area contributed by atoms with Gasteiger partial charge in [-0.05, 0) is 47.9 Å². The maximum atomic E-state index is 12.6. The van der Waals surface area contributed by atoms with Gasteiger partial charge in [0.15, 0.2) is 0 Å². The molecule has 0 unspecified atom stereocenters. The van der Waals surface area contributed by atoms with Crippen molar-refractivity contribution in [2.24, 2.45) is 0 Å². The van der Waals surface area contributed by atoms with Crippen molar-refractivity contribution in [3.05, 3.63) is 82.5 Å². The van der Waals surface area contributed by atoms with Crippen LogP contribution in [0.5, 0.6) is 0 Å². The summed E-state index contributed by atoms with van der Waals surface area (Å²) in [6.07, 6.45) is 0. The van der Waals surface area contributed by atoms with Crippen LogP contribution >= 0.6 is 23.1 Å². The monoisotopic (exact) mass is 467 g/mol. The SMILES string of the molecule is Fc1ccc(Cl)cc1.N#Cc1cc(NC(=O)c2nsc3ccccc23)c2n1CC(=O)NC2. The van der Waals surface area contributed by atoms with Crippen LogP contribution in [0.3, 0.4) is 0 Å². The molecule has 160 valence electrons. The highest BCUT2D eigenvalue weighted by Gasteiger charge is 2.24. The molecule has 0 atom stereocenters.